The fourth-order valence-corrected chi connectivity index (χ4v) is 1.26. The van der Waals surface area contributed by atoms with Crippen LogP contribution < -0.4 is 5.73 Å². The number of aliphatic hydroxyl groups excluding tert-OH is 1. The van der Waals surface area contributed by atoms with Gasteiger partial charge < -0.3 is 21.1 Å². The minimum absolute atomic E-state index is 0.0556. The van der Waals surface area contributed by atoms with E-state index in [1.54, 1.807) is 0 Å². The number of aromatic hydroxyl groups is 2. The topological polar surface area (TPSA) is 86.7 Å². The van der Waals surface area contributed by atoms with Crippen molar-refractivity contribution in [3.63, 3.8) is 0 Å². The fourth-order valence-electron chi connectivity index (χ4n) is 1.26. The summed E-state index contributed by atoms with van der Waals surface area (Å²) in [5.41, 5.74) is 4.92. The van der Waals surface area contributed by atoms with E-state index in [0.29, 0.717) is 0 Å². The summed E-state index contributed by atoms with van der Waals surface area (Å²) in [6, 6.07) is 1.13. The third kappa shape index (κ3) is 3.50. The van der Waals surface area contributed by atoms with Crippen LogP contribution in [-0.4, -0.2) is 27.5 Å². The molecule has 17 heavy (non-hydrogen) atoms. The van der Waals surface area contributed by atoms with Crippen molar-refractivity contribution in [3.05, 3.63) is 23.8 Å². The van der Waals surface area contributed by atoms with Crippen LogP contribution in [0.15, 0.2) is 18.2 Å². The number of rotatable bonds is 3. The average molecular weight is 251 g/mol. The maximum absolute atomic E-state index is 12.1. The van der Waals surface area contributed by atoms with Crippen molar-refractivity contribution in [2.75, 3.05) is 0 Å². The van der Waals surface area contributed by atoms with Crippen LogP contribution in [0, 0.1) is 0 Å². The molecule has 1 aromatic carbocycles. The third-order valence-corrected chi connectivity index (χ3v) is 2.28. The van der Waals surface area contributed by atoms with E-state index in [1.165, 1.54) is 6.07 Å². The second-order valence-electron chi connectivity index (χ2n) is 3.65. The van der Waals surface area contributed by atoms with Gasteiger partial charge >= 0.3 is 6.18 Å². The number of nitrogens with two attached hydrogens (primary N) is 1. The first-order chi connectivity index (χ1) is 7.71. The summed E-state index contributed by atoms with van der Waals surface area (Å²) in [4.78, 5) is 0. The van der Waals surface area contributed by atoms with E-state index >= 15 is 0 Å². The Kier molecular flexibility index (Phi) is 3.84. The molecular weight excluding hydrogens is 239 g/mol. The highest BCUT2D eigenvalue weighted by Gasteiger charge is 2.38. The number of hydrogen-bond acceptors (Lipinski definition) is 4. The quantitative estimate of drug-likeness (QED) is 0.612. The van der Waals surface area contributed by atoms with Crippen molar-refractivity contribution >= 4 is 0 Å². The predicted molar refractivity (Wildman–Crippen MR) is 53.4 cm³/mol. The fraction of sp³-hybridized carbons (Fsp3) is 0.400. The Morgan fingerprint density at radius 3 is 2.24 bits per heavy atom. The molecule has 0 amide bonds. The number of alkyl halides is 3. The Morgan fingerprint density at radius 1 is 1.18 bits per heavy atom. The molecule has 0 aliphatic heterocycles. The molecule has 2 atom stereocenters. The van der Waals surface area contributed by atoms with Crippen molar-refractivity contribution < 1.29 is 28.5 Å². The summed E-state index contributed by atoms with van der Waals surface area (Å²) in [5.74, 6) is -0.928. The van der Waals surface area contributed by atoms with Gasteiger partial charge in [0.15, 0.2) is 11.5 Å². The van der Waals surface area contributed by atoms with Crippen molar-refractivity contribution in [1.82, 2.24) is 0 Å². The molecule has 0 unspecified atom stereocenters. The highest BCUT2D eigenvalue weighted by molar-refractivity contribution is 5.41. The van der Waals surface area contributed by atoms with Gasteiger partial charge in [0.05, 0.1) is 6.10 Å². The van der Waals surface area contributed by atoms with Gasteiger partial charge in [-0.1, -0.05) is 6.07 Å². The predicted octanol–water partition coefficient (Wildman–Crippen LogP) is 1.41. The second-order valence-corrected chi connectivity index (χ2v) is 3.65. The van der Waals surface area contributed by atoms with Gasteiger partial charge in [0, 0.05) is 6.42 Å². The molecule has 0 heterocycles. The van der Waals surface area contributed by atoms with Crippen molar-refractivity contribution in [3.8, 4) is 11.5 Å². The lowest BCUT2D eigenvalue weighted by Crippen LogP contribution is -2.38. The molecular formula is C10H12F3NO3. The van der Waals surface area contributed by atoms with Gasteiger partial charge in [-0.25, -0.2) is 0 Å². The zero-order valence-corrected chi connectivity index (χ0v) is 8.65. The van der Waals surface area contributed by atoms with E-state index in [2.05, 4.69) is 0 Å². The van der Waals surface area contributed by atoms with Crippen LogP contribution in [0.25, 0.3) is 0 Å². The Morgan fingerprint density at radius 2 is 1.76 bits per heavy atom. The first kappa shape index (κ1) is 13.6. The monoisotopic (exact) mass is 251 g/mol. The summed E-state index contributed by atoms with van der Waals surface area (Å²) in [6.07, 6.45) is -6.76. The van der Waals surface area contributed by atoms with Gasteiger partial charge in [0.1, 0.15) is 6.04 Å². The lowest BCUT2D eigenvalue weighted by molar-refractivity contribution is -0.153. The Bertz CT molecular complexity index is 395. The van der Waals surface area contributed by atoms with Gasteiger partial charge in [-0.3, -0.25) is 0 Å². The molecule has 5 N–H and O–H groups in total. The van der Waals surface area contributed by atoms with Crippen molar-refractivity contribution in [2.24, 2.45) is 5.73 Å². The number of benzene rings is 1. The highest BCUT2D eigenvalue weighted by Crippen LogP contribution is 2.31. The van der Waals surface area contributed by atoms with Crippen molar-refractivity contribution in [1.29, 1.82) is 0 Å². The largest absolute Gasteiger partial charge is 0.504 e. The normalized spacial score (nSPS) is 15.6. The van der Waals surface area contributed by atoms with Gasteiger partial charge in [-0.15, -0.1) is 0 Å². The lowest BCUT2D eigenvalue weighted by Gasteiger charge is -2.19. The van der Waals surface area contributed by atoms with Crippen LogP contribution >= 0.6 is 0 Å². The number of aliphatic hydroxyl groups is 1. The van der Waals surface area contributed by atoms with E-state index in [-0.39, 0.29) is 5.56 Å². The zero-order chi connectivity index (χ0) is 13.2. The Balaban J connectivity index is 2.76. The third-order valence-electron chi connectivity index (χ3n) is 2.28. The maximum atomic E-state index is 12.1. The zero-order valence-electron chi connectivity index (χ0n) is 8.65. The van der Waals surface area contributed by atoms with Gasteiger partial charge in [-0.2, -0.15) is 13.2 Å². The molecule has 1 aromatic rings. The molecule has 0 saturated heterocycles. The molecule has 0 aliphatic carbocycles. The van der Waals surface area contributed by atoms with Crippen LogP contribution in [0.2, 0.25) is 0 Å². The van der Waals surface area contributed by atoms with E-state index in [1.807, 2.05) is 0 Å². The van der Waals surface area contributed by atoms with Crippen molar-refractivity contribution in [2.45, 2.75) is 24.7 Å². The van der Waals surface area contributed by atoms with E-state index in [9.17, 15) is 18.3 Å². The summed E-state index contributed by atoms with van der Waals surface area (Å²) >= 11 is 0. The van der Waals surface area contributed by atoms with Crippen LogP contribution in [0.1, 0.15) is 18.1 Å². The van der Waals surface area contributed by atoms with E-state index < -0.39 is 36.2 Å². The van der Waals surface area contributed by atoms with Gasteiger partial charge in [0.25, 0.3) is 0 Å². The minimum Gasteiger partial charge on any atom is -0.504 e. The molecule has 7 heteroatoms. The molecule has 0 fully saturated rings. The standard InChI is InChI=1S/C10H12F3NO3/c11-10(12,13)9(14)4-7(16)5-1-2-6(15)8(17)3-5/h1-3,7,9,15-17H,4,14H2/t7-,9+/m1/s1. The summed E-state index contributed by atoms with van der Waals surface area (Å²) < 4.78 is 36.4. The maximum Gasteiger partial charge on any atom is 0.403 e. The smallest absolute Gasteiger partial charge is 0.403 e. The van der Waals surface area contributed by atoms with Crippen LogP contribution in [-0.2, 0) is 0 Å². The van der Waals surface area contributed by atoms with Crippen LogP contribution in [0.5, 0.6) is 11.5 Å². The van der Waals surface area contributed by atoms with E-state index in [0.717, 1.165) is 12.1 Å². The SMILES string of the molecule is N[C@@H](C[C@@H](O)c1ccc(O)c(O)c1)C(F)(F)F. The average Bonchev–Trinajstić information content (AvgIpc) is 2.20. The minimum atomic E-state index is -4.58. The van der Waals surface area contributed by atoms with Gasteiger partial charge in [0.2, 0.25) is 0 Å². The number of halogens is 3. The first-order valence-electron chi connectivity index (χ1n) is 4.74. The van der Waals surface area contributed by atoms with Gasteiger partial charge in [-0.05, 0) is 17.7 Å². The lowest BCUT2D eigenvalue weighted by atomic mass is 10.0. The molecule has 0 radical (unpaired) electrons. The summed E-state index contributed by atoms with van der Waals surface area (Å²) in [5, 5.41) is 27.6. The molecule has 4 nitrogen and oxygen atoms in total. The number of hydrogen-bond donors (Lipinski definition) is 4. The molecule has 0 bridgehead atoms. The molecule has 0 spiro atoms. The second kappa shape index (κ2) is 4.80. The first-order valence-corrected chi connectivity index (χ1v) is 4.74. The Labute approximate surface area is 95.1 Å². The van der Waals surface area contributed by atoms with Crippen LogP contribution in [0.3, 0.4) is 0 Å². The van der Waals surface area contributed by atoms with Crippen LogP contribution in [0.4, 0.5) is 13.2 Å². The van der Waals surface area contributed by atoms with E-state index in [4.69, 9.17) is 15.9 Å². The Hall–Kier alpha value is -1.47. The summed E-state index contributed by atoms with van der Waals surface area (Å²) in [7, 11) is 0. The molecule has 0 aliphatic rings. The molecule has 1 rings (SSSR count). The highest BCUT2D eigenvalue weighted by atomic mass is 19.4. The number of phenols is 2. The molecule has 0 aromatic heterocycles. The molecule has 96 valence electrons. The summed E-state index contributed by atoms with van der Waals surface area (Å²) in [6.45, 7) is 0. The molecule has 0 saturated carbocycles. The number of phenolic OH excluding ortho intramolecular Hbond substituents is 2.